The average Bonchev–Trinajstić information content (AvgIpc) is 3.04. The number of hydrazone groups is 1. The predicted octanol–water partition coefficient (Wildman–Crippen LogP) is 1.94. The maximum atomic E-state index is 11.8. The van der Waals surface area contributed by atoms with Gasteiger partial charge in [-0.2, -0.15) is 5.10 Å². The summed E-state index contributed by atoms with van der Waals surface area (Å²) in [6.45, 7) is 1.11. The van der Waals surface area contributed by atoms with Gasteiger partial charge in [-0.15, -0.1) is 0 Å². The van der Waals surface area contributed by atoms with E-state index in [0.717, 1.165) is 13.2 Å². The third-order valence-corrected chi connectivity index (χ3v) is 3.14. The number of nitrogens with zero attached hydrogens (tertiary/aromatic N) is 3. The van der Waals surface area contributed by atoms with Crippen molar-refractivity contribution in [3.63, 3.8) is 0 Å². The molecule has 12 nitrogen and oxygen atoms in total. The fraction of sp³-hybridized carbons (Fsp3) is 0.200. The minimum Gasteiger partial charge on any atom is -0.492 e. The molecule has 142 valence electrons. The van der Waals surface area contributed by atoms with Gasteiger partial charge in [0.1, 0.15) is 11.5 Å². The highest BCUT2D eigenvalue weighted by Gasteiger charge is 2.27. The number of hydrogen-bond donors (Lipinski definition) is 1. The van der Waals surface area contributed by atoms with Crippen LogP contribution in [-0.2, 0) is 4.79 Å². The van der Waals surface area contributed by atoms with E-state index in [0.29, 0.717) is 17.6 Å². The zero-order chi connectivity index (χ0) is 20.0. The first kappa shape index (κ1) is 19.4. The second kappa shape index (κ2) is 8.42. The van der Waals surface area contributed by atoms with Crippen LogP contribution in [0.4, 0.5) is 11.4 Å². The van der Waals surface area contributed by atoms with Crippen molar-refractivity contribution in [1.82, 2.24) is 5.43 Å². The number of hydrogen-bond acceptors (Lipinski definition) is 9. The number of non-ortho nitro benzene ring substituents is 1. The molecule has 1 N–H and O–H groups in total. The van der Waals surface area contributed by atoms with E-state index in [2.05, 4.69) is 10.5 Å². The first-order valence-corrected chi connectivity index (χ1v) is 7.33. The topological polar surface area (TPSA) is 159 Å². The molecule has 0 atom stereocenters. The molecule has 0 aliphatic heterocycles. The number of methoxy groups -OCH3 is 1. The van der Waals surface area contributed by atoms with E-state index < -0.39 is 39.5 Å². The normalized spacial score (nSPS) is 10.6. The maximum absolute atomic E-state index is 11.8. The zero-order valence-corrected chi connectivity index (χ0v) is 14.2. The van der Waals surface area contributed by atoms with E-state index >= 15 is 0 Å². The van der Waals surface area contributed by atoms with Gasteiger partial charge in [0.05, 0.1) is 35.3 Å². The number of furan rings is 1. The van der Waals surface area contributed by atoms with Crippen molar-refractivity contribution < 1.29 is 28.5 Å². The lowest BCUT2D eigenvalue weighted by Crippen LogP contribution is -2.25. The molecule has 0 aliphatic carbocycles. The van der Waals surface area contributed by atoms with Crippen LogP contribution in [0.1, 0.15) is 11.5 Å². The highest BCUT2D eigenvalue weighted by Crippen LogP contribution is 2.40. The van der Waals surface area contributed by atoms with Crippen LogP contribution in [0.2, 0.25) is 0 Å². The number of ether oxygens (including phenoxy) is 2. The Kier molecular flexibility index (Phi) is 6.04. The molecule has 0 unspecified atom stereocenters. The minimum absolute atomic E-state index is 0.252. The SMILES string of the molecule is COc1cc([N+](=O)[O-])cc([N+](=O)[O-])c1OCC(=O)N/N=C/c1ccc(C)o1. The third kappa shape index (κ3) is 5.01. The van der Waals surface area contributed by atoms with Gasteiger partial charge in [-0.05, 0) is 19.1 Å². The van der Waals surface area contributed by atoms with Crippen LogP contribution in [-0.4, -0.2) is 35.7 Å². The van der Waals surface area contributed by atoms with Crippen molar-refractivity contribution in [2.45, 2.75) is 6.92 Å². The molecule has 0 saturated heterocycles. The Labute approximate surface area is 151 Å². The average molecular weight is 378 g/mol. The van der Waals surface area contributed by atoms with Crippen molar-refractivity contribution >= 4 is 23.5 Å². The molecule has 27 heavy (non-hydrogen) atoms. The smallest absolute Gasteiger partial charge is 0.321 e. The Morgan fingerprint density at radius 3 is 2.59 bits per heavy atom. The molecule has 1 aromatic heterocycles. The number of amides is 1. The first-order valence-electron chi connectivity index (χ1n) is 7.33. The summed E-state index contributed by atoms with van der Waals surface area (Å²) in [5, 5.41) is 25.7. The van der Waals surface area contributed by atoms with E-state index in [4.69, 9.17) is 13.9 Å². The summed E-state index contributed by atoms with van der Waals surface area (Å²) in [6, 6.07) is 5.03. The summed E-state index contributed by atoms with van der Waals surface area (Å²) in [5.41, 5.74) is 0.900. The number of nitrogens with one attached hydrogen (secondary N) is 1. The quantitative estimate of drug-likeness (QED) is 0.414. The van der Waals surface area contributed by atoms with Crippen molar-refractivity contribution in [2.24, 2.45) is 5.10 Å². The minimum atomic E-state index is -0.875. The Bertz CT molecular complexity index is 905. The molecule has 2 aromatic rings. The van der Waals surface area contributed by atoms with Crippen LogP contribution >= 0.6 is 0 Å². The Hall–Kier alpha value is -3.96. The number of benzene rings is 1. The van der Waals surface area contributed by atoms with E-state index in [1.54, 1.807) is 19.1 Å². The highest BCUT2D eigenvalue weighted by molar-refractivity contribution is 5.81. The Morgan fingerprint density at radius 1 is 1.30 bits per heavy atom. The standard InChI is InChI=1S/C15H14N4O8/c1-9-3-4-11(27-9)7-16-17-14(20)8-26-15-12(19(23)24)5-10(18(21)22)6-13(15)25-2/h3-7H,8H2,1-2H3,(H,17,20)/b16-7+. The zero-order valence-electron chi connectivity index (χ0n) is 14.2. The lowest BCUT2D eigenvalue weighted by Gasteiger charge is -2.10. The molecule has 0 spiro atoms. The van der Waals surface area contributed by atoms with E-state index in [1.807, 2.05) is 0 Å². The predicted molar refractivity (Wildman–Crippen MR) is 91.0 cm³/mol. The fourth-order valence-corrected chi connectivity index (χ4v) is 1.97. The molecule has 2 rings (SSSR count). The van der Waals surface area contributed by atoms with Gasteiger partial charge >= 0.3 is 5.69 Å². The maximum Gasteiger partial charge on any atom is 0.321 e. The second-order valence-corrected chi connectivity index (χ2v) is 5.04. The van der Waals surface area contributed by atoms with Crippen LogP contribution in [0, 0.1) is 27.2 Å². The van der Waals surface area contributed by atoms with Crippen molar-refractivity contribution in [2.75, 3.05) is 13.7 Å². The van der Waals surface area contributed by atoms with Crippen LogP contribution in [0.25, 0.3) is 0 Å². The van der Waals surface area contributed by atoms with Gasteiger partial charge in [-0.1, -0.05) is 0 Å². The highest BCUT2D eigenvalue weighted by atomic mass is 16.6. The van der Waals surface area contributed by atoms with Gasteiger partial charge in [0.2, 0.25) is 5.75 Å². The first-order chi connectivity index (χ1) is 12.8. The summed E-state index contributed by atoms with van der Waals surface area (Å²) in [6.07, 6.45) is 1.26. The van der Waals surface area contributed by atoms with E-state index in [1.165, 1.54) is 6.21 Å². The molecule has 0 saturated carbocycles. The molecule has 1 aromatic carbocycles. The van der Waals surface area contributed by atoms with Gasteiger partial charge in [-0.3, -0.25) is 25.0 Å². The summed E-state index contributed by atoms with van der Waals surface area (Å²) < 4.78 is 15.2. The van der Waals surface area contributed by atoms with Crippen LogP contribution in [0.15, 0.2) is 33.8 Å². The van der Waals surface area contributed by atoms with Gasteiger partial charge in [0.25, 0.3) is 11.6 Å². The second-order valence-electron chi connectivity index (χ2n) is 5.04. The van der Waals surface area contributed by atoms with Gasteiger partial charge in [-0.25, -0.2) is 5.43 Å². The molecule has 12 heteroatoms. The summed E-state index contributed by atoms with van der Waals surface area (Å²) >= 11 is 0. The van der Waals surface area contributed by atoms with Gasteiger partial charge < -0.3 is 13.9 Å². The monoisotopic (exact) mass is 378 g/mol. The molecule has 0 bridgehead atoms. The van der Waals surface area contributed by atoms with Crippen LogP contribution < -0.4 is 14.9 Å². The molecular weight excluding hydrogens is 364 g/mol. The molecule has 1 heterocycles. The van der Waals surface area contributed by atoms with Crippen molar-refractivity contribution in [3.8, 4) is 11.5 Å². The number of nitro benzene ring substituents is 2. The van der Waals surface area contributed by atoms with Crippen LogP contribution in [0.5, 0.6) is 11.5 Å². The third-order valence-electron chi connectivity index (χ3n) is 3.14. The van der Waals surface area contributed by atoms with Gasteiger partial charge in [0.15, 0.2) is 12.4 Å². The number of carbonyl (C=O) groups is 1. The number of carbonyl (C=O) groups excluding carboxylic acids is 1. The number of nitro groups is 2. The number of rotatable bonds is 8. The molecule has 0 fully saturated rings. The summed E-state index contributed by atoms with van der Waals surface area (Å²) in [4.78, 5) is 32.1. The fourth-order valence-electron chi connectivity index (χ4n) is 1.97. The van der Waals surface area contributed by atoms with Gasteiger partial charge in [0, 0.05) is 0 Å². The molecular formula is C15H14N4O8. The van der Waals surface area contributed by atoms with Crippen LogP contribution in [0.3, 0.4) is 0 Å². The Balaban J connectivity index is 2.09. The number of aryl methyl sites for hydroxylation is 1. The van der Waals surface area contributed by atoms with Crippen molar-refractivity contribution in [3.05, 3.63) is 56.0 Å². The van der Waals surface area contributed by atoms with E-state index in [-0.39, 0.29) is 5.75 Å². The summed E-state index contributed by atoms with van der Waals surface area (Å²) in [5.74, 6) is -0.290. The largest absolute Gasteiger partial charge is 0.492 e. The summed E-state index contributed by atoms with van der Waals surface area (Å²) in [7, 11) is 1.16. The molecule has 0 aliphatic rings. The van der Waals surface area contributed by atoms with E-state index in [9.17, 15) is 25.0 Å². The lowest BCUT2D eigenvalue weighted by molar-refractivity contribution is -0.394. The van der Waals surface area contributed by atoms with Crippen molar-refractivity contribution in [1.29, 1.82) is 0 Å². The molecule has 0 radical (unpaired) electrons. The lowest BCUT2D eigenvalue weighted by atomic mass is 10.2. The molecule has 1 amide bonds. The Morgan fingerprint density at radius 2 is 2.04 bits per heavy atom.